The van der Waals surface area contributed by atoms with Crippen LogP contribution in [-0.2, 0) is 35.1 Å². The second-order valence-electron chi connectivity index (χ2n) is 13.4. The van der Waals surface area contributed by atoms with Crippen LogP contribution in [-0.4, -0.2) is 3.21 Å². The molecule has 0 bridgehead atoms. The van der Waals surface area contributed by atoms with E-state index in [2.05, 4.69) is 171 Å². The summed E-state index contributed by atoms with van der Waals surface area (Å²) in [6, 6.07) is 37.3. The van der Waals surface area contributed by atoms with E-state index in [0.29, 0.717) is 5.92 Å². The van der Waals surface area contributed by atoms with Crippen molar-refractivity contribution in [2.24, 2.45) is 5.92 Å². The Morgan fingerprint density at radius 1 is 0.667 bits per heavy atom. The molecule has 212 valence electrons. The SMILES string of the molecule is CC(C)(C)c1ccc2c(c1)[cH-]c1cc(C(C)(C)C)ccc12.CC1=CC(C)[C-]=C1.[Zr+2]=[C](c1ccccc1)c1ccccc1. The Labute approximate surface area is 268 Å². The first kappa shape index (κ1) is 31.9. The van der Waals surface area contributed by atoms with E-state index in [0.717, 1.165) is 0 Å². The van der Waals surface area contributed by atoms with Crippen LogP contribution in [0.15, 0.2) is 121 Å². The molecule has 5 aromatic carbocycles. The van der Waals surface area contributed by atoms with Gasteiger partial charge in [0.15, 0.2) is 0 Å². The van der Waals surface area contributed by atoms with Gasteiger partial charge < -0.3 is 0 Å². The third-order valence-corrected chi connectivity index (χ3v) is 9.07. The molecule has 1 aliphatic carbocycles. The van der Waals surface area contributed by atoms with E-state index in [1.807, 2.05) is 6.08 Å². The molecule has 0 amide bonds. The van der Waals surface area contributed by atoms with Gasteiger partial charge in [0.1, 0.15) is 0 Å². The Balaban J connectivity index is 0.000000165. The molecule has 0 saturated carbocycles. The van der Waals surface area contributed by atoms with Crippen molar-refractivity contribution in [1.29, 1.82) is 0 Å². The van der Waals surface area contributed by atoms with Crippen LogP contribution in [0.25, 0.3) is 21.5 Å². The van der Waals surface area contributed by atoms with Crippen molar-refractivity contribution >= 4 is 24.8 Å². The number of fused-ring (bicyclic) bond motifs is 3. The fourth-order valence-electron chi connectivity index (χ4n) is 5.09. The van der Waals surface area contributed by atoms with Crippen LogP contribution in [0.4, 0.5) is 0 Å². The molecule has 0 radical (unpaired) electrons. The van der Waals surface area contributed by atoms with Crippen LogP contribution in [0.1, 0.15) is 77.6 Å². The fourth-order valence-corrected chi connectivity index (χ4v) is 5.90. The summed E-state index contributed by atoms with van der Waals surface area (Å²) in [6.07, 6.45) is 7.38. The van der Waals surface area contributed by atoms with Crippen molar-refractivity contribution in [3.05, 3.63) is 149 Å². The van der Waals surface area contributed by atoms with Gasteiger partial charge in [-0.2, -0.15) is 6.08 Å². The zero-order valence-corrected chi connectivity index (χ0v) is 29.0. The summed E-state index contributed by atoms with van der Waals surface area (Å²) < 4.78 is 1.42. The molecule has 0 saturated heterocycles. The van der Waals surface area contributed by atoms with Crippen LogP contribution in [0.3, 0.4) is 0 Å². The van der Waals surface area contributed by atoms with Crippen molar-refractivity contribution in [3.63, 3.8) is 0 Å². The molecule has 1 unspecified atom stereocenters. The zero-order valence-electron chi connectivity index (χ0n) is 26.5. The Morgan fingerprint density at radius 2 is 1.10 bits per heavy atom. The molecule has 0 nitrogen and oxygen atoms in total. The Hall–Kier alpha value is -3.02. The van der Waals surface area contributed by atoms with E-state index >= 15 is 0 Å². The minimum absolute atomic E-state index is 0.203. The van der Waals surface area contributed by atoms with Gasteiger partial charge in [0.05, 0.1) is 0 Å². The number of hydrogen-bond donors (Lipinski definition) is 0. The molecule has 1 aliphatic rings. The van der Waals surface area contributed by atoms with Crippen LogP contribution in [0.5, 0.6) is 0 Å². The fraction of sp³-hybridized carbons (Fsp3) is 0.268. The summed E-state index contributed by atoms with van der Waals surface area (Å²) in [5.74, 6) is 0.556. The molecular weight excluding hydrogens is 584 g/mol. The molecule has 0 aliphatic heterocycles. The topological polar surface area (TPSA) is 0 Å². The summed E-state index contributed by atoms with van der Waals surface area (Å²) in [4.78, 5) is 0. The Bertz CT molecular complexity index is 1590. The van der Waals surface area contributed by atoms with Crippen LogP contribution in [0, 0.1) is 12.0 Å². The van der Waals surface area contributed by atoms with Crippen LogP contribution < -0.4 is 0 Å². The average Bonchev–Trinajstić information content (AvgIpc) is 3.53. The first-order chi connectivity index (χ1) is 19.8. The standard InChI is InChI=1S/C21H25.C13H10.C7H9.Zr/c1-20(2,3)16-7-9-18-14(12-16)11-15-13-17(21(4,5)6)8-10-19(15)18;1-3-7-12(8-4-1)11-13-9-5-2-6-10-13;1-6-3-4-7(2)5-6;/h7-13H,1-6H3;1-10H;3,5,7H,1-2H3;/q-1;;-1;+2. The molecule has 1 atom stereocenters. The summed E-state index contributed by atoms with van der Waals surface area (Å²) in [5, 5.41) is 5.48. The van der Waals surface area contributed by atoms with Crippen molar-refractivity contribution in [2.75, 3.05) is 0 Å². The molecular formula is C41H44Zr. The first-order valence-corrected chi connectivity index (χ1v) is 16.2. The van der Waals surface area contributed by atoms with E-state index in [4.69, 9.17) is 0 Å². The third-order valence-electron chi connectivity index (χ3n) is 7.65. The summed E-state index contributed by atoms with van der Waals surface area (Å²) in [6.45, 7) is 17.9. The number of allylic oxidation sites excluding steroid dienone is 4. The van der Waals surface area contributed by atoms with Gasteiger partial charge in [-0.25, -0.2) is 11.6 Å². The Morgan fingerprint density at radius 3 is 1.40 bits per heavy atom. The number of hydrogen-bond acceptors (Lipinski definition) is 0. The van der Waals surface area contributed by atoms with E-state index in [-0.39, 0.29) is 10.8 Å². The third kappa shape index (κ3) is 8.29. The Kier molecular flexibility index (Phi) is 10.3. The second kappa shape index (κ2) is 13.5. The van der Waals surface area contributed by atoms with Gasteiger partial charge in [-0.15, -0.1) is 46.7 Å². The van der Waals surface area contributed by atoms with Crippen LogP contribution in [0.2, 0.25) is 0 Å². The monoisotopic (exact) mass is 626 g/mol. The molecule has 1 heteroatoms. The van der Waals surface area contributed by atoms with Crippen LogP contribution >= 0.6 is 0 Å². The predicted molar refractivity (Wildman–Crippen MR) is 181 cm³/mol. The van der Waals surface area contributed by atoms with Crippen molar-refractivity contribution in [1.82, 2.24) is 0 Å². The van der Waals surface area contributed by atoms with Gasteiger partial charge >= 0.3 is 99.2 Å². The molecule has 6 rings (SSSR count). The molecule has 0 fully saturated rings. The number of benzene rings is 4. The quantitative estimate of drug-likeness (QED) is 0.171. The van der Waals surface area contributed by atoms with Gasteiger partial charge in [0.2, 0.25) is 0 Å². The van der Waals surface area contributed by atoms with Crippen molar-refractivity contribution in [3.8, 4) is 0 Å². The van der Waals surface area contributed by atoms with Gasteiger partial charge in [-0.3, -0.25) is 6.08 Å². The van der Waals surface area contributed by atoms with Gasteiger partial charge in [0.25, 0.3) is 0 Å². The van der Waals surface area contributed by atoms with Gasteiger partial charge in [-0.05, 0) is 10.8 Å². The maximum absolute atomic E-state index is 3.15. The van der Waals surface area contributed by atoms with Gasteiger partial charge in [0, 0.05) is 0 Å². The normalized spacial score (nSPS) is 14.6. The zero-order chi connectivity index (χ0) is 30.5. The summed E-state index contributed by atoms with van der Waals surface area (Å²) >= 11 is 1.46. The molecule has 0 heterocycles. The predicted octanol–water partition coefficient (Wildman–Crippen LogP) is 11.1. The van der Waals surface area contributed by atoms with Crippen molar-refractivity contribution in [2.45, 2.75) is 66.2 Å². The van der Waals surface area contributed by atoms with E-state index in [1.54, 1.807) is 0 Å². The van der Waals surface area contributed by atoms with Gasteiger partial charge in [-0.1, -0.05) is 89.8 Å². The first-order valence-electron chi connectivity index (χ1n) is 14.9. The molecule has 0 N–H and O–H groups in total. The molecule has 0 aromatic heterocycles. The summed E-state index contributed by atoms with van der Waals surface area (Å²) in [7, 11) is 0. The molecule has 42 heavy (non-hydrogen) atoms. The average molecular weight is 628 g/mol. The number of rotatable bonds is 2. The second-order valence-corrected chi connectivity index (χ2v) is 14.6. The van der Waals surface area contributed by atoms with Crippen molar-refractivity contribution < 1.29 is 24.2 Å². The van der Waals surface area contributed by atoms with E-state index in [9.17, 15) is 0 Å². The van der Waals surface area contributed by atoms with E-state index < -0.39 is 0 Å². The molecule has 0 spiro atoms. The maximum atomic E-state index is 3.15. The molecule has 5 aromatic rings. The van der Waals surface area contributed by atoms with E-state index in [1.165, 1.54) is 76.8 Å². The summed E-state index contributed by atoms with van der Waals surface area (Å²) in [5.41, 5.74) is 7.21. The minimum atomic E-state index is 0.203.